The first kappa shape index (κ1) is 19.8. The summed E-state index contributed by atoms with van der Waals surface area (Å²) in [5.74, 6) is 0.676. The summed E-state index contributed by atoms with van der Waals surface area (Å²) in [6, 6.07) is 3.93. The first-order valence-corrected chi connectivity index (χ1v) is 8.69. The first-order valence-electron chi connectivity index (χ1n) is 7.11. The molecule has 2 N–H and O–H groups in total. The highest BCUT2D eigenvalue weighted by Crippen LogP contribution is 2.35. The van der Waals surface area contributed by atoms with Crippen LogP contribution in [0, 0.1) is 0 Å². The third kappa shape index (κ3) is 7.69. The molecule has 0 saturated heterocycles. The Hall–Kier alpha value is -1.28. The predicted octanol–water partition coefficient (Wildman–Crippen LogP) is 3.02. The van der Waals surface area contributed by atoms with E-state index in [-0.39, 0.29) is 5.91 Å². The van der Waals surface area contributed by atoms with Gasteiger partial charge in [0, 0.05) is 20.0 Å². The van der Waals surface area contributed by atoms with Crippen molar-refractivity contribution in [1.82, 2.24) is 10.6 Å². The Bertz CT molecular complexity index is 529. The lowest BCUT2D eigenvalue weighted by Gasteiger charge is -2.12. The van der Waals surface area contributed by atoms with E-state index in [0.29, 0.717) is 31.9 Å². The SMILES string of the molecule is COC(=O)NCCCOc1c(Br)cc(CCNC(C)=O)cc1Br. The number of hydrogen-bond donors (Lipinski definition) is 2. The lowest BCUT2D eigenvalue weighted by atomic mass is 10.1. The van der Waals surface area contributed by atoms with Crippen LogP contribution in [0.1, 0.15) is 18.9 Å². The summed E-state index contributed by atoms with van der Waals surface area (Å²) in [4.78, 5) is 21.8. The number of halogens is 2. The van der Waals surface area contributed by atoms with E-state index in [1.54, 1.807) is 0 Å². The molecule has 0 bridgehead atoms. The maximum absolute atomic E-state index is 10.9. The summed E-state index contributed by atoms with van der Waals surface area (Å²) in [5.41, 5.74) is 1.08. The van der Waals surface area contributed by atoms with Gasteiger partial charge in [-0.25, -0.2) is 4.79 Å². The number of methoxy groups -OCH3 is 1. The molecular weight excluding hydrogens is 432 g/mol. The molecule has 0 spiro atoms. The van der Waals surface area contributed by atoms with Crippen LogP contribution in [0.3, 0.4) is 0 Å². The second kappa shape index (κ2) is 10.5. The number of alkyl carbamates (subject to hydrolysis) is 1. The summed E-state index contributed by atoms with van der Waals surface area (Å²) in [7, 11) is 1.33. The van der Waals surface area contributed by atoms with Crippen molar-refractivity contribution >= 4 is 43.9 Å². The van der Waals surface area contributed by atoms with Gasteiger partial charge < -0.3 is 20.1 Å². The monoisotopic (exact) mass is 450 g/mol. The molecule has 0 saturated carbocycles. The molecule has 1 aromatic rings. The third-order valence-electron chi connectivity index (χ3n) is 2.87. The van der Waals surface area contributed by atoms with Crippen molar-refractivity contribution in [2.75, 3.05) is 26.8 Å². The lowest BCUT2D eigenvalue weighted by Crippen LogP contribution is -2.25. The van der Waals surface area contributed by atoms with Crippen molar-refractivity contribution in [2.24, 2.45) is 0 Å². The Labute approximate surface area is 152 Å². The predicted molar refractivity (Wildman–Crippen MR) is 94.7 cm³/mol. The molecule has 8 heteroatoms. The molecule has 0 aliphatic heterocycles. The van der Waals surface area contributed by atoms with Crippen LogP contribution in [0.25, 0.3) is 0 Å². The molecule has 0 atom stereocenters. The van der Waals surface area contributed by atoms with Gasteiger partial charge in [-0.1, -0.05) is 0 Å². The van der Waals surface area contributed by atoms with Gasteiger partial charge in [0.05, 0.1) is 22.7 Å². The fourth-order valence-electron chi connectivity index (χ4n) is 1.79. The second-order valence-electron chi connectivity index (χ2n) is 4.74. The van der Waals surface area contributed by atoms with Gasteiger partial charge in [0.1, 0.15) is 5.75 Å². The number of ether oxygens (including phenoxy) is 2. The van der Waals surface area contributed by atoms with Crippen molar-refractivity contribution in [3.05, 3.63) is 26.6 Å². The normalized spacial score (nSPS) is 10.1. The van der Waals surface area contributed by atoms with Gasteiger partial charge in [-0.3, -0.25) is 4.79 Å². The van der Waals surface area contributed by atoms with Gasteiger partial charge in [-0.2, -0.15) is 0 Å². The highest BCUT2D eigenvalue weighted by atomic mass is 79.9. The maximum atomic E-state index is 10.9. The molecule has 2 amide bonds. The fraction of sp³-hybridized carbons (Fsp3) is 0.467. The van der Waals surface area contributed by atoms with E-state index in [4.69, 9.17) is 4.74 Å². The van der Waals surface area contributed by atoms with Crippen molar-refractivity contribution in [1.29, 1.82) is 0 Å². The molecule has 1 rings (SSSR count). The average molecular weight is 452 g/mol. The molecule has 0 aliphatic rings. The van der Waals surface area contributed by atoms with Crippen LogP contribution in [0.2, 0.25) is 0 Å². The average Bonchev–Trinajstić information content (AvgIpc) is 2.48. The highest BCUT2D eigenvalue weighted by molar-refractivity contribution is 9.11. The lowest BCUT2D eigenvalue weighted by molar-refractivity contribution is -0.118. The zero-order valence-corrected chi connectivity index (χ0v) is 16.3. The molecule has 0 aromatic heterocycles. The van der Waals surface area contributed by atoms with Gasteiger partial charge in [0.2, 0.25) is 5.91 Å². The maximum Gasteiger partial charge on any atom is 0.406 e. The molecule has 0 aliphatic carbocycles. The molecule has 128 valence electrons. The van der Waals surface area contributed by atoms with Crippen molar-refractivity contribution in [2.45, 2.75) is 19.8 Å². The Balaban J connectivity index is 2.47. The topological polar surface area (TPSA) is 76.7 Å². The van der Waals surface area contributed by atoms with Gasteiger partial charge in [-0.15, -0.1) is 0 Å². The van der Waals surface area contributed by atoms with E-state index in [0.717, 1.165) is 20.9 Å². The minimum atomic E-state index is -0.448. The first-order chi connectivity index (χ1) is 10.9. The number of carbonyl (C=O) groups is 2. The molecule has 0 unspecified atom stereocenters. The fourth-order valence-corrected chi connectivity index (χ4v) is 3.30. The van der Waals surface area contributed by atoms with Crippen LogP contribution < -0.4 is 15.4 Å². The Kier molecular flexibility index (Phi) is 9.01. The van der Waals surface area contributed by atoms with Gasteiger partial charge in [0.25, 0.3) is 0 Å². The van der Waals surface area contributed by atoms with Crippen LogP contribution in [-0.2, 0) is 16.0 Å². The van der Waals surface area contributed by atoms with Crippen LogP contribution in [0.5, 0.6) is 5.75 Å². The van der Waals surface area contributed by atoms with Gasteiger partial charge >= 0.3 is 6.09 Å². The molecule has 6 nitrogen and oxygen atoms in total. The zero-order valence-electron chi connectivity index (χ0n) is 13.1. The van der Waals surface area contributed by atoms with E-state index in [2.05, 4.69) is 47.2 Å². The number of nitrogens with one attached hydrogen (secondary N) is 2. The molecule has 0 radical (unpaired) electrons. The Morgan fingerprint density at radius 2 is 1.78 bits per heavy atom. The second-order valence-corrected chi connectivity index (χ2v) is 6.45. The summed E-state index contributed by atoms with van der Waals surface area (Å²) >= 11 is 6.98. The Morgan fingerprint density at radius 3 is 2.35 bits per heavy atom. The van der Waals surface area contributed by atoms with Crippen LogP contribution >= 0.6 is 31.9 Å². The molecular formula is C15H20Br2N2O4. The number of amides is 2. The molecule has 1 aromatic carbocycles. The number of hydrogen-bond acceptors (Lipinski definition) is 4. The number of carbonyl (C=O) groups excluding carboxylic acids is 2. The minimum Gasteiger partial charge on any atom is -0.491 e. The van der Waals surface area contributed by atoms with Gasteiger partial charge in [0.15, 0.2) is 0 Å². The van der Waals surface area contributed by atoms with Gasteiger partial charge in [-0.05, 0) is 62.4 Å². The van der Waals surface area contributed by atoms with Crippen molar-refractivity contribution < 1.29 is 19.1 Å². The van der Waals surface area contributed by atoms with E-state index >= 15 is 0 Å². The standard InChI is InChI=1S/C15H20Br2N2O4/c1-10(20)18-6-4-11-8-12(16)14(13(17)9-11)23-7-3-5-19-15(21)22-2/h8-9H,3-7H2,1-2H3,(H,18,20)(H,19,21). The van der Waals surface area contributed by atoms with E-state index in [1.165, 1.54) is 14.0 Å². The molecule has 0 fully saturated rings. The number of benzene rings is 1. The zero-order chi connectivity index (χ0) is 17.2. The summed E-state index contributed by atoms with van der Waals surface area (Å²) in [6.45, 7) is 3.04. The van der Waals surface area contributed by atoms with E-state index < -0.39 is 6.09 Å². The molecule has 0 heterocycles. The molecule has 23 heavy (non-hydrogen) atoms. The summed E-state index contributed by atoms with van der Waals surface area (Å²) in [6.07, 6.45) is 0.953. The van der Waals surface area contributed by atoms with Crippen LogP contribution in [0.4, 0.5) is 4.79 Å². The largest absolute Gasteiger partial charge is 0.491 e. The van der Waals surface area contributed by atoms with Crippen LogP contribution in [-0.4, -0.2) is 38.8 Å². The summed E-state index contributed by atoms with van der Waals surface area (Å²) in [5, 5.41) is 5.35. The highest BCUT2D eigenvalue weighted by Gasteiger charge is 2.09. The quantitative estimate of drug-likeness (QED) is 0.595. The number of rotatable bonds is 8. The van der Waals surface area contributed by atoms with E-state index in [1.807, 2.05) is 12.1 Å². The van der Waals surface area contributed by atoms with Crippen molar-refractivity contribution in [3.8, 4) is 5.75 Å². The third-order valence-corrected chi connectivity index (χ3v) is 4.05. The summed E-state index contributed by atoms with van der Waals surface area (Å²) < 4.78 is 11.9. The smallest absolute Gasteiger partial charge is 0.406 e. The van der Waals surface area contributed by atoms with Crippen molar-refractivity contribution in [3.63, 3.8) is 0 Å². The van der Waals surface area contributed by atoms with E-state index in [9.17, 15) is 9.59 Å². The Morgan fingerprint density at radius 1 is 1.13 bits per heavy atom. The van der Waals surface area contributed by atoms with Crippen LogP contribution in [0.15, 0.2) is 21.1 Å². The minimum absolute atomic E-state index is 0.0383.